The van der Waals surface area contributed by atoms with Crippen LogP contribution in [0.1, 0.15) is 13.8 Å². The van der Waals surface area contributed by atoms with Gasteiger partial charge in [0, 0.05) is 5.92 Å². The van der Waals surface area contributed by atoms with Crippen LogP contribution in [0.3, 0.4) is 0 Å². The van der Waals surface area contributed by atoms with Crippen LogP contribution in [0.2, 0.25) is 0 Å². The highest BCUT2D eigenvalue weighted by atomic mass is 16.2. The molecule has 1 fully saturated rings. The third-order valence-corrected chi connectivity index (χ3v) is 2.46. The van der Waals surface area contributed by atoms with Gasteiger partial charge in [-0.2, -0.15) is 5.26 Å². The Balaban J connectivity index is 3.18. The van der Waals surface area contributed by atoms with Gasteiger partial charge < -0.3 is 5.73 Å². The molecule has 3 unspecified atom stereocenters. The van der Waals surface area contributed by atoms with Crippen LogP contribution in [-0.4, -0.2) is 17.6 Å². The third-order valence-electron chi connectivity index (χ3n) is 2.46. The second kappa shape index (κ2) is 2.39. The number of ketones is 2. The van der Waals surface area contributed by atoms with Gasteiger partial charge >= 0.3 is 0 Å². The molecule has 12 heavy (non-hydrogen) atoms. The van der Waals surface area contributed by atoms with E-state index in [0.29, 0.717) is 0 Å². The quantitative estimate of drug-likeness (QED) is 0.497. The average Bonchev–Trinajstić information content (AvgIpc) is 2.22. The Hall–Kier alpha value is -1.21. The molecule has 1 aliphatic rings. The first-order chi connectivity index (χ1) is 5.45. The zero-order valence-electron chi connectivity index (χ0n) is 7.00. The molecule has 0 spiro atoms. The number of nitrogens with zero attached hydrogens (tertiary/aromatic N) is 1. The lowest BCUT2D eigenvalue weighted by Gasteiger charge is -2.08. The maximum atomic E-state index is 11.4. The van der Waals surface area contributed by atoms with Gasteiger partial charge in [-0.25, -0.2) is 0 Å². The van der Waals surface area contributed by atoms with Crippen LogP contribution < -0.4 is 5.73 Å². The van der Waals surface area contributed by atoms with E-state index in [-0.39, 0.29) is 5.78 Å². The van der Waals surface area contributed by atoms with E-state index in [1.807, 2.05) is 0 Å². The number of hydrogen-bond acceptors (Lipinski definition) is 4. The fourth-order valence-electron chi connectivity index (χ4n) is 1.41. The molecular formula is C8H10N2O2. The Morgan fingerprint density at radius 1 is 1.50 bits per heavy atom. The van der Waals surface area contributed by atoms with Gasteiger partial charge in [-0.3, -0.25) is 9.59 Å². The van der Waals surface area contributed by atoms with Gasteiger partial charge in [0.25, 0.3) is 0 Å². The Bertz CT molecular complexity index is 270. The summed E-state index contributed by atoms with van der Waals surface area (Å²) in [4.78, 5) is 22.7. The first kappa shape index (κ1) is 8.88. The smallest absolute Gasteiger partial charge is 0.177 e. The molecule has 0 amide bonds. The molecule has 4 heteroatoms. The molecule has 0 bridgehead atoms. The molecule has 0 aromatic rings. The Kier molecular flexibility index (Phi) is 1.77. The summed E-state index contributed by atoms with van der Waals surface area (Å²) in [6, 6.07) is 0.918. The number of carbonyl (C=O) groups excluding carboxylic acids is 2. The van der Waals surface area contributed by atoms with Gasteiger partial charge in [-0.05, 0) is 6.92 Å². The normalized spacial score (nSPS) is 41.5. The number of rotatable bonds is 0. The highest BCUT2D eigenvalue weighted by Crippen LogP contribution is 2.33. The molecule has 0 radical (unpaired) electrons. The van der Waals surface area contributed by atoms with E-state index in [2.05, 4.69) is 0 Å². The molecule has 1 rings (SSSR count). The van der Waals surface area contributed by atoms with Gasteiger partial charge in [0.2, 0.25) is 0 Å². The minimum absolute atomic E-state index is 0.359. The molecule has 0 aromatic heterocycles. The van der Waals surface area contributed by atoms with Crippen molar-refractivity contribution >= 4 is 11.6 Å². The van der Waals surface area contributed by atoms with Crippen molar-refractivity contribution in [3.63, 3.8) is 0 Å². The molecule has 1 aliphatic carbocycles. The lowest BCUT2D eigenvalue weighted by Crippen LogP contribution is -2.34. The van der Waals surface area contributed by atoms with Crippen molar-refractivity contribution in [1.82, 2.24) is 0 Å². The molecule has 0 aliphatic heterocycles. The molecule has 1 saturated carbocycles. The molecule has 3 atom stereocenters. The summed E-state index contributed by atoms with van der Waals surface area (Å²) < 4.78 is 0. The minimum Gasteiger partial charge on any atom is -0.321 e. The summed E-state index contributed by atoms with van der Waals surface area (Å²) in [5, 5.41) is 8.65. The predicted octanol–water partition coefficient (Wildman–Crippen LogP) is -0.369. The van der Waals surface area contributed by atoms with Crippen molar-refractivity contribution in [3.05, 3.63) is 0 Å². The lowest BCUT2D eigenvalue weighted by atomic mass is 9.88. The summed E-state index contributed by atoms with van der Waals surface area (Å²) >= 11 is 0. The highest BCUT2D eigenvalue weighted by Gasteiger charge is 2.54. The van der Waals surface area contributed by atoms with E-state index in [9.17, 15) is 9.59 Å². The summed E-state index contributed by atoms with van der Waals surface area (Å²) in [6.07, 6.45) is 0. The Labute approximate surface area is 70.3 Å². The van der Waals surface area contributed by atoms with Crippen molar-refractivity contribution in [2.24, 2.45) is 17.1 Å². The molecule has 2 N–H and O–H groups in total. The maximum absolute atomic E-state index is 11.4. The van der Waals surface area contributed by atoms with Gasteiger partial charge in [0.15, 0.2) is 17.0 Å². The predicted molar refractivity (Wildman–Crippen MR) is 40.9 cm³/mol. The molecule has 0 saturated heterocycles. The summed E-state index contributed by atoms with van der Waals surface area (Å²) in [5.41, 5.74) is 3.94. The summed E-state index contributed by atoms with van der Waals surface area (Å²) in [5.74, 6) is -1.34. The highest BCUT2D eigenvalue weighted by molar-refractivity contribution is 6.18. The number of hydrogen-bond donors (Lipinski definition) is 1. The van der Waals surface area contributed by atoms with Crippen LogP contribution in [0.5, 0.6) is 0 Å². The minimum atomic E-state index is -1.50. The van der Waals surface area contributed by atoms with Crippen molar-refractivity contribution in [2.75, 3.05) is 0 Å². The number of carbonyl (C=O) groups is 2. The Morgan fingerprint density at radius 3 is 2.17 bits per heavy atom. The van der Waals surface area contributed by atoms with Crippen LogP contribution >= 0.6 is 0 Å². The first-order valence-corrected chi connectivity index (χ1v) is 3.70. The summed E-state index contributed by atoms with van der Waals surface area (Å²) in [6.45, 7) is 2.91. The van der Waals surface area contributed by atoms with Crippen molar-refractivity contribution in [1.29, 1.82) is 5.26 Å². The monoisotopic (exact) mass is 166 g/mol. The van der Waals surface area contributed by atoms with Gasteiger partial charge in [0.1, 0.15) is 0 Å². The zero-order chi connectivity index (χ0) is 9.52. The van der Waals surface area contributed by atoms with Crippen molar-refractivity contribution < 1.29 is 9.59 Å². The number of nitrogens with two attached hydrogens (primary N) is 1. The van der Waals surface area contributed by atoms with Gasteiger partial charge in [-0.1, -0.05) is 6.92 Å². The van der Waals surface area contributed by atoms with E-state index in [1.54, 1.807) is 13.0 Å². The SMILES string of the molecule is CC1C(=O)C(C)(C#N)C(=O)C1N. The van der Waals surface area contributed by atoms with E-state index in [1.165, 1.54) is 6.92 Å². The van der Waals surface area contributed by atoms with Gasteiger partial charge in [-0.15, -0.1) is 0 Å². The van der Waals surface area contributed by atoms with Crippen molar-refractivity contribution in [2.45, 2.75) is 19.9 Å². The Morgan fingerprint density at radius 2 is 2.00 bits per heavy atom. The zero-order valence-corrected chi connectivity index (χ0v) is 7.00. The van der Waals surface area contributed by atoms with E-state index in [4.69, 9.17) is 11.0 Å². The number of nitriles is 1. The van der Waals surface area contributed by atoms with E-state index < -0.39 is 23.2 Å². The molecule has 0 aromatic carbocycles. The van der Waals surface area contributed by atoms with E-state index >= 15 is 0 Å². The standard InChI is InChI=1S/C8H10N2O2/c1-4-5(10)7(12)8(2,3-9)6(4)11/h4-5H,10H2,1-2H3. The molecule has 4 nitrogen and oxygen atoms in total. The molecular weight excluding hydrogens is 156 g/mol. The van der Waals surface area contributed by atoms with Crippen LogP contribution in [0.15, 0.2) is 0 Å². The first-order valence-electron chi connectivity index (χ1n) is 3.70. The lowest BCUT2D eigenvalue weighted by molar-refractivity contribution is -0.131. The maximum Gasteiger partial charge on any atom is 0.177 e. The average molecular weight is 166 g/mol. The van der Waals surface area contributed by atoms with Crippen molar-refractivity contribution in [3.8, 4) is 6.07 Å². The second-order valence-corrected chi connectivity index (χ2v) is 3.28. The topological polar surface area (TPSA) is 84.0 Å². The third kappa shape index (κ3) is 0.802. The molecule has 64 valence electrons. The fourth-order valence-corrected chi connectivity index (χ4v) is 1.41. The van der Waals surface area contributed by atoms with Crippen LogP contribution in [-0.2, 0) is 9.59 Å². The fraction of sp³-hybridized carbons (Fsp3) is 0.625. The second-order valence-electron chi connectivity index (χ2n) is 3.28. The number of Topliss-reactive ketones (excluding diaryl/α,β-unsaturated/α-hetero) is 2. The van der Waals surface area contributed by atoms with Crippen LogP contribution in [0.25, 0.3) is 0 Å². The van der Waals surface area contributed by atoms with E-state index in [0.717, 1.165) is 0 Å². The summed E-state index contributed by atoms with van der Waals surface area (Å²) in [7, 11) is 0. The molecule has 0 heterocycles. The van der Waals surface area contributed by atoms with Crippen LogP contribution in [0, 0.1) is 22.7 Å². The largest absolute Gasteiger partial charge is 0.321 e. The van der Waals surface area contributed by atoms with Gasteiger partial charge in [0.05, 0.1) is 12.1 Å². The van der Waals surface area contributed by atoms with Crippen LogP contribution in [0.4, 0.5) is 0 Å².